The number of fused-ring (bicyclic) bond motifs is 1. The molecule has 5 rings (SSSR count). The average Bonchev–Trinajstić information content (AvgIpc) is 3.51. The number of piperazine rings is 1. The number of aromatic nitrogens is 7. The first kappa shape index (κ1) is 22.2. The van der Waals surface area contributed by atoms with E-state index in [1.165, 1.54) is 15.2 Å². The maximum absolute atomic E-state index is 13.2. The highest BCUT2D eigenvalue weighted by atomic mass is 32.2. The molecule has 5 heterocycles. The molecule has 0 N–H and O–H groups in total. The minimum Gasteiger partial charge on any atom is -0.335 e. The highest BCUT2D eigenvalue weighted by Crippen LogP contribution is 2.24. The Kier molecular flexibility index (Phi) is 5.24. The van der Waals surface area contributed by atoms with Crippen LogP contribution in [0.3, 0.4) is 0 Å². The summed E-state index contributed by atoms with van der Waals surface area (Å²) in [6.45, 7) is 4.63. The van der Waals surface area contributed by atoms with E-state index in [-0.39, 0.29) is 42.7 Å². The molecule has 12 nitrogen and oxygen atoms in total. The van der Waals surface area contributed by atoms with Crippen LogP contribution in [-0.2, 0) is 24.1 Å². The molecular weight excluding hydrogens is 458 g/mol. The van der Waals surface area contributed by atoms with Crippen LogP contribution in [0.2, 0.25) is 0 Å². The van der Waals surface area contributed by atoms with Gasteiger partial charge in [-0.25, -0.2) is 17.9 Å². The van der Waals surface area contributed by atoms with Crippen molar-refractivity contribution in [3.63, 3.8) is 0 Å². The van der Waals surface area contributed by atoms with Crippen molar-refractivity contribution in [1.29, 1.82) is 0 Å². The lowest BCUT2D eigenvalue weighted by Gasteiger charge is -2.33. The third-order valence-corrected chi connectivity index (χ3v) is 8.42. The minimum atomic E-state index is -3.67. The summed E-state index contributed by atoms with van der Waals surface area (Å²) in [6, 6.07) is 3.49. The van der Waals surface area contributed by atoms with Gasteiger partial charge in [-0.05, 0) is 19.9 Å². The number of sulfonamides is 1. The van der Waals surface area contributed by atoms with Crippen LogP contribution in [0, 0.1) is 13.8 Å². The maximum Gasteiger partial charge on any atom is 0.274 e. The molecule has 4 aromatic heterocycles. The Bertz CT molecular complexity index is 1510. The number of aryl methyl sites for hydroxylation is 2. The van der Waals surface area contributed by atoms with Crippen molar-refractivity contribution in [2.24, 2.45) is 14.1 Å². The predicted molar refractivity (Wildman–Crippen MR) is 123 cm³/mol. The molecule has 0 bridgehead atoms. The van der Waals surface area contributed by atoms with Crippen LogP contribution < -0.4 is 0 Å². The van der Waals surface area contributed by atoms with E-state index in [0.717, 1.165) is 17.0 Å². The van der Waals surface area contributed by atoms with Gasteiger partial charge in [0.25, 0.3) is 5.91 Å². The number of carbonyl (C=O) groups is 1. The van der Waals surface area contributed by atoms with Gasteiger partial charge in [0.2, 0.25) is 10.0 Å². The van der Waals surface area contributed by atoms with E-state index in [1.807, 2.05) is 20.0 Å². The number of rotatable bonds is 4. The summed E-state index contributed by atoms with van der Waals surface area (Å²) in [5, 5.41) is 12.9. The smallest absolute Gasteiger partial charge is 0.274 e. The molecule has 0 spiro atoms. The average molecular weight is 484 g/mol. The van der Waals surface area contributed by atoms with Crippen molar-refractivity contribution < 1.29 is 13.2 Å². The fraction of sp³-hybridized carbons (Fsp3) is 0.381. The van der Waals surface area contributed by atoms with Gasteiger partial charge in [0.05, 0.1) is 23.8 Å². The van der Waals surface area contributed by atoms with Gasteiger partial charge in [-0.3, -0.25) is 14.2 Å². The number of amides is 1. The van der Waals surface area contributed by atoms with Crippen LogP contribution in [0.5, 0.6) is 0 Å². The SMILES string of the molecule is Cc1c(-c2ccnc3cc(C(=O)N4CCN(S(=O)(=O)c5cnn(C)c5C)CC4)nn23)cnn1C. The van der Waals surface area contributed by atoms with E-state index in [0.29, 0.717) is 11.3 Å². The quantitative estimate of drug-likeness (QED) is 0.417. The van der Waals surface area contributed by atoms with E-state index < -0.39 is 10.0 Å². The van der Waals surface area contributed by atoms with E-state index in [9.17, 15) is 13.2 Å². The third kappa shape index (κ3) is 3.47. The maximum atomic E-state index is 13.2. The van der Waals surface area contributed by atoms with Crippen molar-refractivity contribution in [1.82, 2.24) is 43.4 Å². The van der Waals surface area contributed by atoms with Crippen molar-refractivity contribution >= 4 is 21.6 Å². The molecule has 34 heavy (non-hydrogen) atoms. The van der Waals surface area contributed by atoms with E-state index >= 15 is 0 Å². The summed E-state index contributed by atoms with van der Waals surface area (Å²) in [5.41, 5.74) is 4.06. The molecule has 0 saturated carbocycles. The zero-order valence-corrected chi connectivity index (χ0v) is 20.2. The van der Waals surface area contributed by atoms with Gasteiger partial charge >= 0.3 is 0 Å². The van der Waals surface area contributed by atoms with E-state index in [1.54, 1.807) is 46.5 Å². The molecule has 0 aliphatic carbocycles. The summed E-state index contributed by atoms with van der Waals surface area (Å²) < 4.78 is 32.4. The summed E-state index contributed by atoms with van der Waals surface area (Å²) in [5.74, 6) is -0.256. The fourth-order valence-electron chi connectivity index (χ4n) is 4.12. The van der Waals surface area contributed by atoms with E-state index in [2.05, 4.69) is 20.3 Å². The lowest BCUT2D eigenvalue weighted by atomic mass is 10.2. The first-order valence-electron chi connectivity index (χ1n) is 10.8. The second-order valence-corrected chi connectivity index (χ2v) is 10.2. The van der Waals surface area contributed by atoms with Crippen LogP contribution in [-0.4, -0.2) is 83.9 Å². The minimum absolute atomic E-state index is 0.194. The van der Waals surface area contributed by atoms with Crippen LogP contribution >= 0.6 is 0 Å². The number of hydrogen-bond acceptors (Lipinski definition) is 7. The van der Waals surface area contributed by atoms with Gasteiger partial charge < -0.3 is 4.90 Å². The van der Waals surface area contributed by atoms with Crippen molar-refractivity contribution in [3.05, 3.63) is 47.8 Å². The molecule has 1 aliphatic heterocycles. The Balaban J connectivity index is 1.36. The molecule has 0 aromatic carbocycles. The zero-order chi connectivity index (χ0) is 24.2. The van der Waals surface area contributed by atoms with Crippen molar-refractivity contribution in [3.8, 4) is 11.3 Å². The Labute approximate surface area is 196 Å². The lowest BCUT2D eigenvalue weighted by Crippen LogP contribution is -2.50. The monoisotopic (exact) mass is 483 g/mol. The first-order valence-corrected chi connectivity index (χ1v) is 12.2. The van der Waals surface area contributed by atoms with Gasteiger partial charge in [0.1, 0.15) is 4.90 Å². The summed E-state index contributed by atoms with van der Waals surface area (Å²) in [6.07, 6.45) is 4.81. The van der Waals surface area contributed by atoms with Gasteiger partial charge in [-0.1, -0.05) is 0 Å². The summed E-state index contributed by atoms with van der Waals surface area (Å²) in [4.78, 5) is 19.4. The molecule has 1 saturated heterocycles. The molecule has 178 valence electrons. The topological polar surface area (TPSA) is 124 Å². The predicted octanol–water partition coefficient (Wildman–Crippen LogP) is 0.627. The highest BCUT2D eigenvalue weighted by molar-refractivity contribution is 7.89. The van der Waals surface area contributed by atoms with Gasteiger partial charge in [-0.15, -0.1) is 0 Å². The Morgan fingerprint density at radius 3 is 2.26 bits per heavy atom. The lowest BCUT2D eigenvalue weighted by molar-refractivity contribution is 0.0691. The molecule has 1 amide bonds. The highest BCUT2D eigenvalue weighted by Gasteiger charge is 2.33. The second kappa shape index (κ2) is 8.02. The first-order chi connectivity index (χ1) is 16.2. The Morgan fingerprint density at radius 1 is 0.971 bits per heavy atom. The molecule has 1 fully saturated rings. The third-order valence-electron chi connectivity index (χ3n) is 6.42. The van der Waals surface area contributed by atoms with Crippen molar-refractivity contribution in [2.45, 2.75) is 18.7 Å². The molecule has 0 unspecified atom stereocenters. The Hall–Kier alpha value is -3.58. The largest absolute Gasteiger partial charge is 0.335 e. The number of carbonyl (C=O) groups excluding carboxylic acids is 1. The van der Waals surface area contributed by atoms with Crippen LogP contribution in [0.25, 0.3) is 16.9 Å². The fourth-order valence-corrected chi connectivity index (χ4v) is 5.73. The summed E-state index contributed by atoms with van der Waals surface area (Å²) in [7, 11) is -0.100. The molecule has 0 radical (unpaired) electrons. The zero-order valence-electron chi connectivity index (χ0n) is 19.4. The molecular formula is C21H25N9O3S. The molecule has 4 aromatic rings. The van der Waals surface area contributed by atoms with Crippen LogP contribution in [0.15, 0.2) is 35.6 Å². The standard InChI is InChI=1S/C21H25N9O3S/c1-14-16(12-23-26(14)3)18-5-6-22-20-11-17(25-30(18)20)21(31)28-7-9-29(10-8-28)34(32,33)19-13-24-27(4)15(19)2/h5-6,11-13H,7-10H2,1-4H3. The summed E-state index contributed by atoms with van der Waals surface area (Å²) >= 11 is 0. The molecule has 0 atom stereocenters. The number of hydrogen-bond donors (Lipinski definition) is 0. The van der Waals surface area contributed by atoms with E-state index in [4.69, 9.17) is 0 Å². The van der Waals surface area contributed by atoms with Gasteiger partial charge in [0.15, 0.2) is 11.3 Å². The number of nitrogens with zero attached hydrogens (tertiary/aromatic N) is 9. The van der Waals surface area contributed by atoms with Gasteiger partial charge in [0, 0.05) is 63.8 Å². The Morgan fingerprint density at radius 2 is 1.65 bits per heavy atom. The molecule has 1 aliphatic rings. The van der Waals surface area contributed by atoms with Crippen molar-refractivity contribution in [2.75, 3.05) is 26.2 Å². The van der Waals surface area contributed by atoms with Gasteiger partial charge in [-0.2, -0.15) is 19.6 Å². The van der Waals surface area contributed by atoms with Crippen LogP contribution in [0.4, 0.5) is 0 Å². The second-order valence-electron chi connectivity index (χ2n) is 8.31. The van der Waals surface area contributed by atoms with Crippen LogP contribution in [0.1, 0.15) is 21.9 Å². The molecule has 13 heteroatoms. The normalized spacial score (nSPS) is 15.4.